The molecule has 4 N–H and O–H groups in total. The molecule has 2 rings (SSSR count). The number of urea groups is 1. The average Bonchev–Trinajstić information content (AvgIpc) is 2.58. The Kier molecular flexibility index (Phi) is 6.43. The Bertz CT molecular complexity index is 623. The number of carbonyl (C=O) groups is 3. The number of rotatable bonds is 5. The molecule has 1 aliphatic rings. The van der Waals surface area contributed by atoms with E-state index in [1.165, 1.54) is 4.90 Å². The van der Waals surface area contributed by atoms with Crippen LogP contribution < -0.4 is 16.4 Å². The van der Waals surface area contributed by atoms with Gasteiger partial charge in [0.05, 0.1) is 16.5 Å². The molecule has 0 aromatic heterocycles. The summed E-state index contributed by atoms with van der Waals surface area (Å²) in [6, 6.07) is 6.26. The second-order valence-corrected chi connectivity index (χ2v) is 6.06. The van der Waals surface area contributed by atoms with Crippen molar-refractivity contribution in [1.82, 2.24) is 15.5 Å². The van der Waals surface area contributed by atoms with Gasteiger partial charge in [0.15, 0.2) is 0 Å². The highest BCUT2D eigenvalue weighted by Crippen LogP contribution is 2.16. The monoisotopic (exact) mass is 352 g/mol. The summed E-state index contributed by atoms with van der Waals surface area (Å²) in [6.07, 6.45) is 1.48. The minimum Gasteiger partial charge on any atom is -0.354 e. The Hall–Kier alpha value is -2.28. The molecule has 0 saturated carbocycles. The van der Waals surface area contributed by atoms with Crippen molar-refractivity contribution in [2.45, 2.75) is 12.8 Å². The van der Waals surface area contributed by atoms with E-state index in [-0.39, 0.29) is 17.7 Å². The van der Waals surface area contributed by atoms with Crippen LogP contribution in [0.3, 0.4) is 0 Å². The lowest BCUT2D eigenvalue weighted by atomic mass is 9.97. The average molecular weight is 353 g/mol. The van der Waals surface area contributed by atoms with Crippen LogP contribution in [-0.4, -0.2) is 48.9 Å². The lowest BCUT2D eigenvalue weighted by Gasteiger charge is -2.30. The van der Waals surface area contributed by atoms with E-state index in [0.717, 1.165) is 12.8 Å². The van der Waals surface area contributed by atoms with Gasteiger partial charge >= 0.3 is 6.03 Å². The number of hydrogen-bond donors (Lipinski definition) is 3. The molecular formula is C16H21ClN4O3. The third kappa shape index (κ3) is 4.86. The molecule has 1 aromatic carbocycles. The molecule has 1 atom stereocenters. The number of piperidine rings is 1. The van der Waals surface area contributed by atoms with Crippen LogP contribution in [0.1, 0.15) is 23.2 Å². The molecule has 24 heavy (non-hydrogen) atoms. The number of nitrogens with zero attached hydrogens (tertiary/aromatic N) is 1. The predicted molar refractivity (Wildman–Crippen MR) is 90.7 cm³/mol. The SMILES string of the molecule is NC(=O)N1CCC[C@H](C(=O)NCCNC(=O)c2ccccc2Cl)C1. The lowest BCUT2D eigenvalue weighted by Crippen LogP contribution is -2.48. The van der Waals surface area contributed by atoms with E-state index in [4.69, 9.17) is 17.3 Å². The van der Waals surface area contributed by atoms with Crippen molar-refractivity contribution < 1.29 is 14.4 Å². The summed E-state index contributed by atoms with van der Waals surface area (Å²) in [6.45, 7) is 1.53. The van der Waals surface area contributed by atoms with Crippen LogP contribution in [0, 0.1) is 5.92 Å². The molecule has 8 heteroatoms. The van der Waals surface area contributed by atoms with E-state index in [0.29, 0.717) is 36.8 Å². The molecule has 7 nitrogen and oxygen atoms in total. The van der Waals surface area contributed by atoms with Crippen molar-refractivity contribution in [3.8, 4) is 0 Å². The van der Waals surface area contributed by atoms with Crippen LogP contribution in [0.2, 0.25) is 5.02 Å². The molecule has 0 radical (unpaired) electrons. The van der Waals surface area contributed by atoms with Crippen LogP contribution in [0.4, 0.5) is 4.79 Å². The fourth-order valence-electron chi connectivity index (χ4n) is 2.64. The van der Waals surface area contributed by atoms with Gasteiger partial charge in [-0.3, -0.25) is 9.59 Å². The summed E-state index contributed by atoms with van der Waals surface area (Å²) in [5.74, 6) is -0.675. The molecule has 4 amide bonds. The topological polar surface area (TPSA) is 105 Å². The number of hydrogen-bond acceptors (Lipinski definition) is 3. The van der Waals surface area contributed by atoms with E-state index in [1.54, 1.807) is 24.3 Å². The highest BCUT2D eigenvalue weighted by Gasteiger charge is 2.27. The summed E-state index contributed by atoms with van der Waals surface area (Å²) in [5, 5.41) is 5.85. The number of nitrogens with one attached hydrogen (secondary N) is 2. The first-order valence-electron chi connectivity index (χ1n) is 7.84. The molecule has 1 aromatic rings. The van der Waals surface area contributed by atoms with Gasteiger partial charge in [0.1, 0.15) is 0 Å². The smallest absolute Gasteiger partial charge is 0.314 e. The number of carbonyl (C=O) groups excluding carboxylic acids is 3. The predicted octanol–water partition coefficient (Wildman–Crippen LogP) is 0.977. The van der Waals surface area contributed by atoms with Crippen LogP contribution >= 0.6 is 11.6 Å². The van der Waals surface area contributed by atoms with Crippen molar-refractivity contribution in [2.24, 2.45) is 11.7 Å². The summed E-state index contributed by atoms with van der Waals surface area (Å²) in [5.41, 5.74) is 5.65. The maximum absolute atomic E-state index is 12.1. The fraction of sp³-hybridized carbons (Fsp3) is 0.438. The first kappa shape index (κ1) is 18.1. The molecule has 0 aliphatic carbocycles. The quantitative estimate of drug-likeness (QED) is 0.688. The second kappa shape index (κ2) is 8.54. The fourth-order valence-corrected chi connectivity index (χ4v) is 2.86. The molecular weight excluding hydrogens is 332 g/mol. The number of primary amides is 1. The van der Waals surface area contributed by atoms with Crippen molar-refractivity contribution >= 4 is 29.4 Å². The molecule has 0 bridgehead atoms. The zero-order valence-corrected chi connectivity index (χ0v) is 14.0. The number of amides is 4. The maximum Gasteiger partial charge on any atom is 0.314 e. The van der Waals surface area contributed by atoms with Crippen molar-refractivity contribution in [2.75, 3.05) is 26.2 Å². The van der Waals surface area contributed by atoms with Crippen LogP contribution in [0.25, 0.3) is 0 Å². The highest BCUT2D eigenvalue weighted by atomic mass is 35.5. The van der Waals surface area contributed by atoms with Crippen molar-refractivity contribution in [3.63, 3.8) is 0 Å². The first-order chi connectivity index (χ1) is 11.5. The lowest BCUT2D eigenvalue weighted by molar-refractivity contribution is -0.126. The molecule has 1 fully saturated rings. The summed E-state index contributed by atoms with van der Waals surface area (Å²) in [4.78, 5) is 36.7. The molecule has 0 spiro atoms. The summed E-state index contributed by atoms with van der Waals surface area (Å²) in [7, 11) is 0. The van der Waals surface area contributed by atoms with Crippen LogP contribution in [0.5, 0.6) is 0 Å². The maximum atomic E-state index is 12.1. The van der Waals surface area contributed by atoms with Crippen molar-refractivity contribution in [1.29, 1.82) is 0 Å². The van der Waals surface area contributed by atoms with Crippen LogP contribution in [-0.2, 0) is 4.79 Å². The number of halogens is 1. The second-order valence-electron chi connectivity index (χ2n) is 5.65. The van der Waals surface area contributed by atoms with E-state index in [2.05, 4.69) is 10.6 Å². The van der Waals surface area contributed by atoms with Gasteiger partial charge in [0.25, 0.3) is 5.91 Å². The summed E-state index contributed by atoms with van der Waals surface area (Å²) >= 11 is 5.95. The Labute approximate surface area is 145 Å². The Balaban J connectivity index is 1.72. The summed E-state index contributed by atoms with van der Waals surface area (Å²) < 4.78 is 0. The Morgan fingerprint density at radius 2 is 1.92 bits per heavy atom. The van der Waals surface area contributed by atoms with Gasteiger partial charge < -0.3 is 21.3 Å². The minimum atomic E-state index is -0.500. The normalized spacial score (nSPS) is 17.2. The van der Waals surface area contributed by atoms with Gasteiger partial charge in [-0.2, -0.15) is 0 Å². The van der Waals surface area contributed by atoms with E-state index in [9.17, 15) is 14.4 Å². The van der Waals surface area contributed by atoms with Crippen molar-refractivity contribution in [3.05, 3.63) is 34.9 Å². The van der Waals surface area contributed by atoms with Gasteiger partial charge in [0, 0.05) is 26.2 Å². The first-order valence-corrected chi connectivity index (χ1v) is 8.21. The Morgan fingerprint density at radius 1 is 1.21 bits per heavy atom. The Morgan fingerprint density at radius 3 is 2.62 bits per heavy atom. The zero-order chi connectivity index (χ0) is 17.5. The number of nitrogens with two attached hydrogens (primary N) is 1. The zero-order valence-electron chi connectivity index (χ0n) is 13.3. The molecule has 1 saturated heterocycles. The van der Waals surface area contributed by atoms with E-state index < -0.39 is 6.03 Å². The molecule has 1 aliphatic heterocycles. The standard InChI is InChI=1S/C16H21ClN4O3/c17-13-6-2-1-5-12(13)15(23)20-8-7-19-14(22)11-4-3-9-21(10-11)16(18)24/h1-2,5-6,11H,3-4,7-10H2,(H2,18,24)(H,19,22)(H,20,23)/t11-/m0/s1. The van der Waals surface area contributed by atoms with Gasteiger partial charge in [-0.05, 0) is 25.0 Å². The van der Waals surface area contributed by atoms with Gasteiger partial charge in [-0.1, -0.05) is 23.7 Å². The van der Waals surface area contributed by atoms with Gasteiger partial charge in [-0.15, -0.1) is 0 Å². The van der Waals surface area contributed by atoms with E-state index >= 15 is 0 Å². The molecule has 130 valence electrons. The van der Waals surface area contributed by atoms with Gasteiger partial charge in [0.2, 0.25) is 5.91 Å². The van der Waals surface area contributed by atoms with Gasteiger partial charge in [-0.25, -0.2) is 4.79 Å². The highest BCUT2D eigenvalue weighted by molar-refractivity contribution is 6.33. The minimum absolute atomic E-state index is 0.132. The molecule has 0 unspecified atom stereocenters. The largest absolute Gasteiger partial charge is 0.354 e. The number of benzene rings is 1. The van der Waals surface area contributed by atoms with E-state index in [1.807, 2.05) is 0 Å². The van der Waals surface area contributed by atoms with Crippen LogP contribution in [0.15, 0.2) is 24.3 Å². The third-order valence-corrected chi connectivity index (χ3v) is 4.26. The third-order valence-electron chi connectivity index (χ3n) is 3.93. The molecule has 1 heterocycles. The number of likely N-dealkylation sites (tertiary alicyclic amines) is 1.